The molecule has 0 aliphatic carbocycles. The first kappa shape index (κ1) is 28.9. The van der Waals surface area contributed by atoms with Crippen LogP contribution in [0.1, 0.15) is 130 Å². The molecule has 0 unspecified atom stereocenters. The van der Waals surface area contributed by atoms with Gasteiger partial charge in [-0.1, -0.05) is 85.5 Å². The first-order chi connectivity index (χ1) is 12.2. The number of quaternary nitrogens is 1. The Hall–Kier alpha value is 0.690. The van der Waals surface area contributed by atoms with Crippen molar-refractivity contribution < 1.29 is 28.5 Å². The van der Waals surface area contributed by atoms with E-state index in [2.05, 4.69) is 27.7 Å². The highest BCUT2D eigenvalue weighted by atomic mass is 127. The number of hydrogen-bond acceptors (Lipinski definition) is 0. The van der Waals surface area contributed by atoms with Crippen molar-refractivity contribution in [2.75, 3.05) is 26.2 Å². The summed E-state index contributed by atoms with van der Waals surface area (Å²) in [6.07, 6.45) is 22.9. The molecule has 0 heterocycles. The van der Waals surface area contributed by atoms with E-state index in [4.69, 9.17) is 0 Å². The number of hydrogen-bond donors (Lipinski definition) is 0. The van der Waals surface area contributed by atoms with Gasteiger partial charge in [-0.3, -0.25) is 0 Å². The van der Waals surface area contributed by atoms with Crippen molar-refractivity contribution in [1.82, 2.24) is 0 Å². The summed E-state index contributed by atoms with van der Waals surface area (Å²) in [7, 11) is 0. The summed E-state index contributed by atoms with van der Waals surface area (Å²) in [5, 5.41) is 0. The van der Waals surface area contributed by atoms with Gasteiger partial charge in [0.1, 0.15) is 0 Å². The van der Waals surface area contributed by atoms with Gasteiger partial charge in [-0.05, 0) is 44.9 Å². The van der Waals surface area contributed by atoms with E-state index in [0.717, 1.165) is 0 Å². The quantitative estimate of drug-likeness (QED) is 0.129. The molecular weight excluding hydrogens is 429 g/mol. The fourth-order valence-electron chi connectivity index (χ4n) is 4.30. The van der Waals surface area contributed by atoms with Crippen LogP contribution in [0.3, 0.4) is 0 Å². The van der Waals surface area contributed by atoms with Gasteiger partial charge in [0.2, 0.25) is 0 Å². The van der Waals surface area contributed by atoms with Gasteiger partial charge in [0.15, 0.2) is 0 Å². The Kier molecular flexibility index (Phi) is 24.4. The maximum Gasteiger partial charge on any atom is 0.0786 e. The molecule has 0 aliphatic rings. The minimum Gasteiger partial charge on any atom is -1.00 e. The van der Waals surface area contributed by atoms with E-state index >= 15 is 0 Å². The zero-order chi connectivity index (χ0) is 18.6. The lowest BCUT2D eigenvalue weighted by Crippen LogP contribution is -3.00. The highest BCUT2D eigenvalue weighted by molar-refractivity contribution is 4.52. The van der Waals surface area contributed by atoms with E-state index < -0.39 is 0 Å². The fraction of sp³-hybridized carbons (Fsp3) is 1.00. The molecule has 0 fully saturated rings. The summed E-state index contributed by atoms with van der Waals surface area (Å²) in [5.41, 5.74) is 0. The molecule has 0 rings (SSSR count). The molecule has 0 aromatic rings. The molecule has 0 aromatic carbocycles. The van der Waals surface area contributed by atoms with Gasteiger partial charge < -0.3 is 28.5 Å². The molecule has 0 saturated carbocycles. The predicted octanol–water partition coefficient (Wildman–Crippen LogP) is 5.13. The average Bonchev–Trinajstić information content (AvgIpc) is 2.61. The van der Waals surface area contributed by atoms with Gasteiger partial charge in [0, 0.05) is 0 Å². The van der Waals surface area contributed by atoms with E-state index in [-0.39, 0.29) is 24.0 Å². The molecule has 0 bridgehead atoms. The van der Waals surface area contributed by atoms with Crippen molar-refractivity contribution in [1.29, 1.82) is 0 Å². The van der Waals surface area contributed by atoms with E-state index in [1.165, 1.54) is 133 Å². The minimum absolute atomic E-state index is 0. The number of unbranched alkanes of at least 4 members (excludes halogenated alkanes) is 12. The molecule has 0 spiro atoms. The van der Waals surface area contributed by atoms with Gasteiger partial charge in [0.25, 0.3) is 0 Å². The van der Waals surface area contributed by atoms with Crippen LogP contribution in [0.15, 0.2) is 0 Å². The first-order valence-electron chi connectivity index (χ1n) is 12.1. The Bertz CT molecular complexity index is 219. The summed E-state index contributed by atoms with van der Waals surface area (Å²) in [6, 6.07) is 0. The van der Waals surface area contributed by atoms with Crippen LogP contribution in [0.4, 0.5) is 0 Å². The molecule has 160 valence electrons. The summed E-state index contributed by atoms with van der Waals surface area (Å²) in [6.45, 7) is 15.2. The highest BCUT2D eigenvalue weighted by Gasteiger charge is 2.25. The van der Waals surface area contributed by atoms with Crippen LogP contribution in [0.25, 0.3) is 0 Å². The van der Waals surface area contributed by atoms with Gasteiger partial charge in [-0.15, -0.1) is 0 Å². The lowest BCUT2D eigenvalue weighted by atomic mass is 10.1. The average molecular weight is 482 g/mol. The molecule has 0 saturated heterocycles. The second-order valence-corrected chi connectivity index (χ2v) is 8.48. The molecule has 0 radical (unpaired) electrons. The summed E-state index contributed by atoms with van der Waals surface area (Å²) in [5.74, 6) is 0. The maximum atomic E-state index is 2.40. The molecule has 0 aromatic heterocycles. The van der Waals surface area contributed by atoms with Crippen molar-refractivity contribution in [2.45, 2.75) is 130 Å². The number of rotatable bonds is 20. The smallest absolute Gasteiger partial charge is 0.0786 e. The van der Waals surface area contributed by atoms with Crippen LogP contribution in [0.2, 0.25) is 0 Å². The third-order valence-electron chi connectivity index (χ3n) is 5.91. The van der Waals surface area contributed by atoms with Gasteiger partial charge >= 0.3 is 0 Å². The lowest BCUT2D eigenvalue weighted by molar-refractivity contribution is -0.929. The van der Waals surface area contributed by atoms with Gasteiger partial charge in [-0.2, -0.15) is 0 Å². The van der Waals surface area contributed by atoms with Crippen molar-refractivity contribution >= 4 is 0 Å². The summed E-state index contributed by atoms with van der Waals surface area (Å²) < 4.78 is 1.45. The molecule has 26 heavy (non-hydrogen) atoms. The predicted molar refractivity (Wildman–Crippen MR) is 116 cm³/mol. The number of halogens is 1. The second-order valence-electron chi connectivity index (χ2n) is 8.48. The van der Waals surface area contributed by atoms with E-state index in [9.17, 15) is 0 Å². The minimum atomic E-state index is 0. The molecule has 1 nitrogen and oxygen atoms in total. The monoisotopic (exact) mass is 481 g/mol. The standard InChI is InChI=1S/C24H52N.HI/c1-5-9-12-15-18-22-25(21-8-4,23-19-16-13-10-6-2)24-20-17-14-11-7-3;/h5-24H2,1-4H3;1H/q+1;/p-1. The van der Waals surface area contributed by atoms with Crippen LogP contribution in [0, 0.1) is 0 Å². The molecular formula is C24H52IN. The van der Waals surface area contributed by atoms with Crippen LogP contribution in [0.5, 0.6) is 0 Å². The van der Waals surface area contributed by atoms with Gasteiger partial charge in [-0.25, -0.2) is 0 Å². The molecule has 0 amide bonds. The van der Waals surface area contributed by atoms with Crippen molar-refractivity contribution in [3.8, 4) is 0 Å². The Labute approximate surface area is 184 Å². The number of nitrogens with zero attached hydrogens (tertiary/aromatic N) is 1. The zero-order valence-electron chi connectivity index (χ0n) is 19.0. The van der Waals surface area contributed by atoms with E-state index in [1.54, 1.807) is 0 Å². The third-order valence-corrected chi connectivity index (χ3v) is 5.91. The van der Waals surface area contributed by atoms with Gasteiger partial charge in [0.05, 0.1) is 26.2 Å². The summed E-state index contributed by atoms with van der Waals surface area (Å²) in [4.78, 5) is 0. The van der Waals surface area contributed by atoms with Crippen molar-refractivity contribution in [2.24, 2.45) is 0 Å². The van der Waals surface area contributed by atoms with Crippen LogP contribution < -0.4 is 24.0 Å². The Morgan fingerprint density at radius 3 is 0.923 bits per heavy atom. The van der Waals surface area contributed by atoms with Crippen LogP contribution in [-0.4, -0.2) is 30.7 Å². The van der Waals surface area contributed by atoms with E-state index in [0.29, 0.717) is 0 Å². The molecule has 0 aliphatic heterocycles. The Morgan fingerprint density at radius 1 is 0.346 bits per heavy atom. The second kappa shape index (κ2) is 22.0. The van der Waals surface area contributed by atoms with E-state index in [1.807, 2.05) is 0 Å². The SMILES string of the molecule is CCCCCCC[N+](CCC)(CCCCCCC)CCCCCCC.[I-]. The van der Waals surface area contributed by atoms with Crippen molar-refractivity contribution in [3.63, 3.8) is 0 Å². The highest BCUT2D eigenvalue weighted by Crippen LogP contribution is 2.18. The topological polar surface area (TPSA) is 0 Å². The third kappa shape index (κ3) is 16.8. The van der Waals surface area contributed by atoms with Crippen LogP contribution in [-0.2, 0) is 0 Å². The first-order valence-corrected chi connectivity index (χ1v) is 12.1. The molecule has 0 N–H and O–H groups in total. The fourth-order valence-corrected chi connectivity index (χ4v) is 4.30. The molecule has 0 atom stereocenters. The Morgan fingerprint density at radius 2 is 0.654 bits per heavy atom. The lowest BCUT2D eigenvalue weighted by Gasteiger charge is -2.39. The summed E-state index contributed by atoms with van der Waals surface area (Å²) >= 11 is 0. The normalized spacial score (nSPS) is 11.5. The Balaban J connectivity index is 0. The molecule has 2 heteroatoms. The maximum absolute atomic E-state index is 2.40. The zero-order valence-corrected chi connectivity index (χ0v) is 21.1. The van der Waals surface area contributed by atoms with Crippen LogP contribution >= 0.6 is 0 Å². The largest absolute Gasteiger partial charge is 1.00 e. The van der Waals surface area contributed by atoms with Crippen molar-refractivity contribution in [3.05, 3.63) is 0 Å².